The number of phenols is 1. The van der Waals surface area contributed by atoms with E-state index in [9.17, 15) is 20.0 Å². The van der Waals surface area contributed by atoms with Crippen LogP contribution in [0.3, 0.4) is 0 Å². The summed E-state index contributed by atoms with van der Waals surface area (Å²) in [7, 11) is 1.84. The first-order valence-electron chi connectivity index (χ1n) is 16.5. The Bertz CT molecular complexity index is 2290. The Morgan fingerprint density at radius 3 is 2.39 bits per heavy atom. The fraction of sp³-hybridized carbons (Fsp3) is 0.175. The lowest BCUT2D eigenvalue weighted by Crippen LogP contribution is -2.36. The summed E-state index contributed by atoms with van der Waals surface area (Å²) in [5.41, 5.74) is 15.8. The molecule has 3 aliphatic heterocycles. The van der Waals surface area contributed by atoms with E-state index in [0.717, 1.165) is 18.4 Å². The summed E-state index contributed by atoms with van der Waals surface area (Å²) < 4.78 is 1.87. The minimum atomic E-state index is -0.408. The average Bonchev–Trinajstić information content (AvgIpc) is 3.44. The number of halogens is 1. The molecule has 0 atom stereocenters. The number of carbonyl (C=O) groups is 2. The maximum atomic E-state index is 14.8. The van der Waals surface area contributed by atoms with Gasteiger partial charge in [-0.2, -0.15) is 10.8 Å². The van der Waals surface area contributed by atoms with E-state index < -0.39 is 5.91 Å². The third-order valence-electron chi connectivity index (χ3n) is 9.70. The van der Waals surface area contributed by atoms with Gasteiger partial charge in [0.05, 0.1) is 28.6 Å². The number of phenolic OH excluding ortho intramolecular Hbond substituents is 1. The van der Waals surface area contributed by atoms with Crippen molar-refractivity contribution in [2.75, 3.05) is 16.5 Å². The van der Waals surface area contributed by atoms with Crippen LogP contribution in [0.5, 0.6) is 5.75 Å². The van der Waals surface area contributed by atoms with Crippen LogP contribution in [-0.4, -0.2) is 32.9 Å². The lowest BCUT2D eigenvalue weighted by molar-refractivity contribution is 0.0735. The smallest absolute Gasteiger partial charge is 0.264 e. The minimum Gasteiger partial charge on any atom is -0.508 e. The lowest BCUT2D eigenvalue weighted by Gasteiger charge is -2.31. The van der Waals surface area contributed by atoms with Gasteiger partial charge in [-0.05, 0) is 110 Å². The predicted molar refractivity (Wildman–Crippen MR) is 196 cm³/mol. The van der Waals surface area contributed by atoms with Crippen molar-refractivity contribution in [2.45, 2.75) is 32.7 Å². The van der Waals surface area contributed by atoms with E-state index in [2.05, 4.69) is 23.4 Å². The Labute approximate surface area is 300 Å². The number of rotatable bonds is 2. The van der Waals surface area contributed by atoms with Crippen LogP contribution in [0.1, 0.15) is 55.1 Å². The summed E-state index contributed by atoms with van der Waals surface area (Å²) in [4.78, 5) is 32.4. The molecule has 11 heteroatoms. The summed E-state index contributed by atoms with van der Waals surface area (Å²) in [6.45, 7) is 2.86. The van der Waals surface area contributed by atoms with Crippen molar-refractivity contribution in [1.82, 2.24) is 9.47 Å². The zero-order valence-corrected chi connectivity index (χ0v) is 28.9. The summed E-state index contributed by atoms with van der Waals surface area (Å²) >= 11 is 6.56. The molecule has 254 valence electrons. The average molecular weight is 696 g/mol. The molecule has 0 radical (unpaired) electrons. The first-order chi connectivity index (χ1) is 24.7. The number of benzene rings is 4. The molecule has 10 nitrogen and oxygen atoms in total. The van der Waals surface area contributed by atoms with Gasteiger partial charge in [-0.25, -0.2) is 5.01 Å². The van der Waals surface area contributed by atoms with Gasteiger partial charge >= 0.3 is 0 Å². The number of nitrogens with one attached hydrogen (secondary N) is 1. The first-order valence-corrected chi connectivity index (χ1v) is 16.9. The van der Waals surface area contributed by atoms with Gasteiger partial charge in [0.1, 0.15) is 5.75 Å². The van der Waals surface area contributed by atoms with Gasteiger partial charge in [0.15, 0.2) is 0 Å². The summed E-state index contributed by atoms with van der Waals surface area (Å²) in [5.74, 6) is -0.502. The first kappa shape index (κ1) is 33.3. The van der Waals surface area contributed by atoms with Crippen LogP contribution >= 0.6 is 11.6 Å². The van der Waals surface area contributed by atoms with Crippen LogP contribution in [0.25, 0.3) is 11.3 Å². The molecule has 51 heavy (non-hydrogen) atoms. The Hall–Kier alpha value is -6.18. The molecule has 5 aromatic rings. The van der Waals surface area contributed by atoms with E-state index in [0.29, 0.717) is 69.7 Å². The summed E-state index contributed by atoms with van der Waals surface area (Å²) in [5, 5.41) is 25.7. The van der Waals surface area contributed by atoms with Gasteiger partial charge < -0.3 is 14.6 Å². The van der Waals surface area contributed by atoms with E-state index in [-0.39, 0.29) is 17.2 Å². The van der Waals surface area contributed by atoms with Crippen LogP contribution in [0, 0.1) is 23.8 Å². The highest BCUT2D eigenvalue weighted by molar-refractivity contribution is 6.31. The van der Waals surface area contributed by atoms with Crippen molar-refractivity contribution in [3.05, 3.63) is 141 Å². The zero-order valence-electron chi connectivity index (χ0n) is 28.1. The highest BCUT2D eigenvalue weighted by Crippen LogP contribution is 2.37. The van der Waals surface area contributed by atoms with Crippen LogP contribution in [0.2, 0.25) is 5.02 Å². The maximum Gasteiger partial charge on any atom is 0.264 e. The fourth-order valence-electron chi connectivity index (χ4n) is 6.97. The second kappa shape index (κ2) is 13.6. The monoisotopic (exact) mass is 695 g/mol. The second-order valence-electron chi connectivity index (χ2n) is 12.7. The van der Waals surface area contributed by atoms with Gasteiger partial charge in [0, 0.05) is 59.6 Å². The van der Waals surface area contributed by atoms with Gasteiger partial charge in [0.25, 0.3) is 11.8 Å². The molecule has 0 fully saturated rings. The molecular formula is C40H34ClN7O3. The number of aromatic hydroxyl groups is 1. The highest BCUT2D eigenvalue weighted by atomic mass is 35.5. The Morgan fingerprint density at radius 2 is 1.63 bits per heavy atom. The van der Waals surface area contributed by atoms with Crippen LogP contribution < -0.4 is 9.91 Å². The SMILES string of the molecule is Cc1c2cc(n1C)-c1cc(Cl)ccc1C(=O)N1CCc3c(cccc3C1)CC/C=C/N(N=N)c1cc(C#N)cc(c1)N(c1ccc(O)cc1)C2=O. The molecule has 1 aromatic heterocycles. The zero-order chi connectivity index (χ0) is 35.8. The molecule has 0 saturated heterocycles. The number of anilines is 3. The van der Waals surface area contributed by atoms with E-state index in [1.807, 2.05) is 35.6 Å². The molecule has 3 aliphatic rings. The number of nitrogens with zero attached hydrogens (tertiary/aromatic N) is 6. The van der Waals surface area contributed by atoms with Gasteiger partial charge in [-0.3, -0.25) is 14.5 Å². The number of allylic oxidation sites excluding steroid dienone is 1. The molecule has 8 rings (SSSR count). The molecule has 4 aromatic carbocycles. The molecule has 0 spiro atoms. The Kier molecular flexibility index (Phi) is 8.90. The third kappa shape index (κ3) is 6.24. The maximum absolute atomic E-state index is 14.8. The molecule has 0 unspecified atom stereocenters. The van der Waals surface area contributed by atoms with Crippen molar-refractivity contribution in [1.29, 1.82) is 10.8 Å². The van der Waals surface area contributed by atoms with Crippen LogP contribution in [0.4, 0.5) is 17.1 Å². The number of aromatic nitrogens is 1. The van der Waals surface area contributed by atoms with Crippen molar-refractivity contribution >= 4 is 40.5 Å². The Balaban J connectivity index is 1.45. The number of hydrogen-bond donors (Lipinski definition) is 2. The number of hydrogen-bond acceptors (Lipinski definition) is 6. The van der Waals surface area contributed by atoms with E-state index in [1.165, 1.54) is 33.2 Å². The quantitative estimate of drug-likeness (QED) is 0.179. The van der Waals surface area contributed by atoms with E-state index >= 15 is 0 Å². The van der Waals surface area contributed by atoms with Crippen molar-refractivity contribution < 1.29 is 14.7 Å². The van der Waals surface area contributed by atoms with Gasteiger partial charge in [-0.15, -0.1) is 0 Å². The molecule has 8 bridgehead atoms. The Morgan fingerprint density at radius 1 is 0.863 bits per heavy atom. The normalized spacial score (nSPS) is 15.2. The minimum absolute atomic E-state index is 0.0267. The highest BCUT2D eigenvalue weighted by Gasteiger charge is 2.29. The lowest BCUT2D eigenvalue weighted by atomic mass is 9.91. The third-order valence-corrected chi connectivity index (χ3v) is 9.94. The molecule has 0 saturated carbocycles. The summed E-state index contributed by atoms with van der Waals surface area (Å²) in [6, 6.07) is 26.5. The van der Waals surface area contributed by atoms with Crippen molar-refractivity contribution in [2.24, 2.45) is 12.3 Å². The molecule has 0 aliphatic carbocycles. The van der Waals surface area contributed by atoms with Crippen LogP contribution in [0.15, 0.2) is 102 Å². The van der Waals surface area contributed by atoms with Crippen molar-refractivity contribution in [3.63, 3.8) is 0 Å². The van der Waals surface area contributed by atoms with Gasteiger partial charge in [0.2, 0.25) is 0 Å². The molecule has 2 N–H and O–H groups in total. The fourth-order valence-corrected chi connectivity index (χ4v) is 7.14. The molecular weight excluding hydrogens is 662 g/mol. The van der Waals surface area contributed by atoms with Gasteiger partial charge in [-0.1, -0.05) is 41.1 Å². The number of aryl methyl sites for hydroxylation is 1. The second-order valence-corrected chi connectivity index (χ2v) is 13.1. The topological polar surface area (TPSA) is 129 Å². The largest absolute Gasteiger partial charge is 0.508 e. The van der Waals surface area contributed by atoms with E-state index in [1.54, 1.807) is 60.8 Å². The predicted octanol–water partition coefficient (Wildman–Crippen LogP) is 8.62. The summed E-state index contributed by atoms with van der Waals surface area (Å²) in [6.07, 6.45) is 5.75. The van der Waals surface area contributed by atoms with Crippen molar-refractivity contribution in [3.8, 4) is 23.1 Å². The number of carbonyl (C=O) groups excluding carboxylic acids is 2. The number of nitriles is 1. The molecule has 2 amide bonds. The number of fused-ring (bicyclic) bond motifs is 5. The standard InChI is InChI=1S/C40H34ClN7O3/c1-25-36-22-38(45(25)2)37-20-29(41)9-14-35(37)39(50)46-17-15-34-27(7-5-8-28(34)24-46)6-3-4-16-47(44-43)31-18-26(23-42)19-32(21-31)48(40(36)51)30-10-12-33(49)13-11-30/h4-5,7-14,16,18-22,43,49H,3,6,15,17,24H2,1-2H3/b16-4+,44-43?. The number of amides is 2. The molecule has 4 heterocycles. The van der Waals surface area contributed by atoms with E-state index in [4.69, 9.17) is 17.1 Å². The van der Waals surface area contributed by atoms with Crippen LogP contribution in [-0.2, 0) is 26.4 Å².